The van der Waals surface area contributed by atoms with E-state index in [4.69, 9.17) is 0 Å². The first-order valence-corrected chi connectivity index (χ1v) is 7.11. The maximum absolute atomic E-state index is 11.7. The Balaban J connectivity index is 1.82. The standard InChI is InChI=1S/C15H23N3O/c1-3-15(19)18-9-7-14(12(2)11-18)17-10-13-6-4-5-8-16-13/h4-6,8,12,14,17H,3,7,9-11H2,1-2H3/t12-,14+/m0/s1. The van der Waals surface area contributed by atoms with E-state index in [0.717, 1.165) is 31.7 Å². The second kappa shape index (κ2) is 6.66. The average Bonchev–Trinajstić information content (AvgIpc) is 2.46. The first-order chi connectivity index (χ1) is 9.20. The lowest BCUT2D eigenvalue weighted by molar-refractivity contribution is -0.132. The normalized spacial score (nSPS) is 23.4. The second-order valence-electron chi connectivity index (χ2n) is 5.27. The van der Waals surface area contributed by atoms with Crippen molar-refractivity contribution in [3.8, 4) is 0 Å². The number of pyridine rings is 1. The molecule has 0 radical (unpaired) electrons. The molecule has 1 fully saturated rings. The van der Waals surface area contributed by atoms with Gasteiger partial charge in [0.1, 0.15) is 0 Å². The minimum Gasteiger partial charge on any atom is -0.342 e. The van der Waals surface area contributed by atoms with E-state index >= 15 is 0 Å². The fourth-order valence-electron chi connectivity index (χ4n) is 2.64. The van der Waals surface area contributed by atoms with Gasteiger partial charge in [-0.2, -0.15) is 0 Å². The smallest absolute Gasteiger partial charge is 0.222 e. The molecule has 1 aromatic rings. The molecule has 104 valence electrons. The van der Waals surface area contributed by atoms with E-state index in [1.54, 1.807) is 0 Å². The Kier molecular flexibility index (Phi) is 4.91. The van der Waals surface area contributed by atoms with Crippen LogP contribution in [0.3, 0.4) is 0 Å². The summed E-state index contributed by atoms with van der Waals surface area (Å²) in [5, 5.41) is 3.56. The number of hydrogen-bond donors (Lipinski definition) is 1. The van der Waals surface area contributed by atoms with Crippen molar-refractivity contribution in [2.45, 2.75) is 39.3 Å². The van der Waals surface area contributed by atoms with Gasteiger partial charge in [0.25, 0.3) is 0 Å². The number of aromatic nitrogens is 1. The lowest BCUT2D eigenvalue weighted by Crippen LogP contribution is -2.49. The molecule has 1 aliphatic rings. The molecule has 4 heteroatoms. The van der Waals surface area contributed by atoms with E-state index in [-0.39, 0.29) is 5.91 Å². The molecule has 4 nitrogen and oxygen atoms in total. The number of likely N-dealkylation sites (tertiary alicyclic amines) is 1. The molecule has 0 aromatic carbocycles. The highest BCUT2D eigenvalue weighted by Crippen LogP contribution is 2.17. The second-order valence-corrected chi connectivity index (χ2v) is 5.27. The molecule has 0 aliphatic carbocycles. The van der Waals surface area contributed by atoms with Gasteiger partial charge in [-0.1, -0.05) is 19.9 Å². The Bertz CT molecular complexity index is 407. The van der Waals surface area contributed by atoms with Crippen LogP contribution in [0.4, 0.5) is 0 Å². The molecule has 19 heavy (non-hydrogen) atoms. The van der Waals surface area contributed by atoms with Gasteiger partial charge >= 0.3 is 0 Å². The molecular weight excluding hydrogens is 238 g/mol. The number of carbonyl (C=O) groups excluding carboxylic acids is 1. The Morgan fingerprint density at radius 1 is 1.53 bits per heavy atom. The van der Waals surface area contributed by atoms with Crippen LogP contribution < -0.4 is 5.32 Å². The molecule has 2 rings (SSSR count). The van der Waals surface area contributed by atoms with E-state index in [1.165, 1.54) is 0 Å². The first kappa shape index (κ1) is 14.0. The summed E-state index contributed by atoms with van der Waals surface area (Å²) in [5.74, 6) is 0.767. The number of rotatable bonds is 4. The fourth-order valence-corrected chi connectivity index (χ4v) is 2.64. The van der Waals surface area contributed by atoms with Crippen molar-refractivity contribution in [1.82, 2.24) is 15.2 Å². The van der Waals surface area contributed by atoms with E-state index in [1.807, 2.05) is 36.2 Å². The van der Waals surface area contributed by atoms with Gasteiger partial charge in [0.2, 0.25) is 5.91 Å². The molecule has 1 aromatic heterocycles. The van der Waals surface area contributed by atoms with E-state index < -0.39 is 0 Å². The Labute approximate surface area is 115 Å². The average molecular weight is 261 g/mol. The Hall–Kier alpha value is -1.42. The van der Waals surface area contributed by atoms with E-state index in [9.17, 15) is 4.79 Å². The minimum absolute atomic E-state index is 0.273. The van der Waals surface area contributed by atoms with E-state index in [2.05, 4.69) is 17.2 Å². The zero-order chi connectivity index (χ0) is 13.7. The van der Waals surface area contributed by atoms with Crippen molar-refractivity contribution in [2.24, 2.45) is 5.92 Å². The molecule has 1 amide bonds. The number of hydrogen-bond acceptors (Lipinski definition) is 3. The van der Waals surface area contributed by atoms with Crippen LogP contribution in [0.15, 0.2) is 24.4 Å². The third-order valence-corrected chi connectivity index (χ3v) is 3.83. The summed E-state index contributed by atoms with van der Waals surface area (Å²) in [6.07, 6.45) is 3.46. The molecule has 1 N–H and O–H groups in total. The van der Waals surface area contributed by atoms with Crippen LogP contribution in [0.2, 0.25) is 0 Å². The largest absolute Gasteiger partial charge is 0.342 e. The van der Waals surface area contributed by atoms with Gasteiger partial charge in [-0.15, -0.1) is 0 Å². The van der Waals surface area contributed by atoms with Gasteiger partial charge in [0.05, 0.1) is 5.69 Å². The Morgan fingerprint density at radius 2 is 2.37 bits per heavy atom. The maximum atomic E-state index is 11.7. The SMILES string of the molecule is CCC(=O)N1CC[C@@H](NCc2ccccn2)[C@@H](C)C1. The topological polar surface area (TPSA) is 45.2 Å². The summed E-state index contributed by atoms with van der Waals surface area (Å²) in [6.45, 7) is 6.69. The summed E-state index contributed by atoms with van der Waals surface area (Å²) >= 11 is 0. The van der Waals surface area contributed by atoms with Gasteiger partial charge < -0.3 is 10.2 Å². The summed E-state index contributed by atoms with van der Waals surface area (Å²) in [6, 6.07) is 6.45. The minimum atomic E-state index is 0.273. The summed E-state index contributed by atoms with van der Waals surface area (Å²) < 4.78 is 0. The van der Waals surface area contributed by atoms with Gasteiger partial charge in [-0.25, -0.2) is 0 Å². The number of piperidine rings is 1. The van der Waals surface area contributed by atoms with E-state index in [0.29, 0.717) is 18.4 Å². The van der Waals surface area contributed by atoms with Crippen LogP contribution in [-0.2, 0) is 11.3 Å². The zero-order valence-corrected chi connectivity index (χ0v) is 11.8. The van der Waals surface area contributed by atoms with Crippen molar-refractivity contribution in [3.63, 3.8) is 0 Å². The molecule has 0 saturated carbocycles. The molecule has 0 unspecified atom stereocenters. The third-order valence-electron chi connectivity index (χ3n) is 3.83. The lowest BCUT2D eigenvalue weighted by atomic mass is 9.93. The molecule has 2 atom stereocenters. The quantitative estimate of drug-likeness (QED) is 0.899. The highest BCUT2D eigenvalue weighted by Gasteiger charge is 2.27. The number of nitrogens with zero attached hydrogens (tertiary/aromatic N) is 2. The summed E-state index contributed by atoms with van der Waals surface area (Å²) in [7, 11) is 0. The van der Waals surface area contributed by atoms with Crippen molar-refractivity contribution < 1.29 is 4.79 Å². The monoisotopic (exact) mass is 261 g/mol. The van der Waals surface area contributed by atoms with Crippen LogP contribution in [-0.4, -0.2) is 34.9 Å². The van der Waals surface area contributed by atoms with Crippen LogP contribution in [0, 0.1) is 5.92 Å². The van der Waals surface area contributed by atoms with Gasteiger partial charge in [-0.05, 0) is 24.5 Å². The number of amides is 1. The van der Waals surface area contributed by atoms with Gasteiger partial charge in [0.15, 0.2) is 0 Å². The van der Waals surface area contributed by atoms with Crippen LogP contribution in [0.5, 0.6) is 0 Å². The number of carbonyl (C=O) groups is 1. The molecule has 1 saturated heterocycles. The van der Waals surface area contributed by atoms with Gasteiger partial charge in [0, 0.05) is 38.3 Å². The van der Waals surface area contributed by atoms with Crippen molar-refractivity contribution in [3.05, 3.63) is 30.1 Å². The third kappa shape index (κ3) is 3.77. The number of nitrogens with one attached hydrogen (secondary N) is 1. The highest BCUT2D eigenvalue weighted by atomic mass is 16.2. The summed E-state index contributed by atoms with van der Waals surface area (Å²) in [5.41, 5.74) is 1.07. The van der Waals surface area contributed by atoms with Crippen LogP contribution >= 0.6 is 0 Å². The fraction of sp³-hybridized carbons (Fsp3) is 0.600. The molecule has 2 heterocycles. The predicted molar refractivity (Wildman–Crippen MR) is 75.5 cm³/mol. The maximum Gasteiger partial charge on any atom is 0.222 e. The van der Waals surface area contributed by atoms with Crippen LogP contribution in [0.25, 0.3) is 0 Å². The van der Waals surface area contributed by atoms with Crippen molar-refractivity contribution >= 4 is 5.91 Å². The molecule has 1 aliphatic heterocycles. The zero-order valence-electron chi connectivity index (χ0n) is 11.8. The Morgan fingerprint density at radius 3 is 3.00 bits per heavy atom. The molecule has 0 bridgehead atoms. The predicted octanol–water partition coefficient (Wildman–Crippen LogP) is 1.82. The van der Waals surface area contributed by atoms with Crippen molar-refractivity contribution in [1.29, 1.82) is 0 Å². The lowest BCUT2D eigenvalue weighted by Gasteiger charge is -2.37. The summed E-state index contributed by atoms with van der Waals surface area (Å²) in [4.78, 5) is 18.0. The molecule has 0 spiro atoms. The van der Waals surface area contributed by atoms with Crippen molar-refractivity contribution in [2.75, 3.05) is 13.1 Å². The van der Waals surface area contributed by atoms with Gasteiger partial charge in [-0.3, -0.25) is 9.78 Å². The van der Waals surface area contributed by atoms with Crippen LogP contribution in [0.1, 0.15) is 32.4 Å². The molecular formula is C15H23N3O. The highest BCUT2D eigenvalue weighted by molar-refractivity contribution is 5.75. The first-order valence-electron chi connectivity index (χ1n) is 7.11.